The number of hydrogen-bond acceptors (Lipinski definition) is 5. The van der Waals surface area contributed by atoms with Gasteiger partial charge < -0.3 is 9.64 Å². The minimum Gasteiger partial charge on any atom is -0.383 e. The highest BCUT2D eigenvalue weighted by Crippen LogP contribution is 2.34. The zero-order valence-electron chi connectivity index (χ0n) is 11.0. The molecule has 2 heterocycles. The zero-order chi connectivity index (χ0) is 13.4. The normalized spacial score (nSPS) is 15.1. The Morgan fingerprint density at radius 2 is 2.32 bits per heavy atom. The first-order valence-corrected chi connectivity index (χ1v) is 6.71. The maximum Gasteiger partial charge on any atom is 0.255 e. The molecule has 0 unspecified atom stereocenters. The highest BCUT2D eigenvalue weighted by Gasteiger charge is 2.32. The Balaban J connectivity index is 2.09. The summed E-state index contributed by atoms with van der Waals surface area (Å²) >= 11 is 6.20. The van der Waals surface area contributed by atoms with Gasteiger partial charge in [0.05, 0.1) is 6.61 Å². The summed E-state index contributed by atoms with van der Waals surface area (Å²) in [5.74, 6) is 1.51. The van der Waals surface area contributed by atoms with E-state index in [9.17, 15) is 0 Å². The van der Waals surface area contributed by atoms with Crippen LogP contribution in [-0.2, 0) is 4.74 Å². The molecule has 1 fully saturated rings. The second kappa shape index (κ2) is 4.94. The van der Waals surface area contributed by atoms with E-state index in [0.29, 0.717) is 23.6 Å². The molecular weight excluding hydrogens is 266 g/mol. The van der Waals surface area contributed by atoms with Crippen molar-refractivity contribution in [3.63, 3.8) is 0 Å². The lowest BCUT2D eigenvalue weighted by Gasteiger charge is -2.26. The van der Waals surface area contributed by atoms with Crippen LogP contribution in [0.1, 0.15) is 18.4 Å². The Bertz CT molecular complexity index is 595. The van der Waals surface area contributed by atoms with Crippen molar-refractivity contribution in [3.05, 3.63) is 17.0 Å². The van der Waals surface area contributed by atoms with Crippen LogP contribution in [0.2, 0.25) is 5.15 Å². The zero-order valence-corrected chi connectivity index (χ0v) is 11.8. The molecule has 2 aromatic rings. The molecule has 0 radical (unpaired) electrons. The molecule has 0 aromatic carbocycles. The van der Waals surface area contributed by atoms with E-state index in [0.717, 1.165) is 17.9 Å². The van der Waals surface area contributed by atoms with E-state index >= 15 is 0 Å². The summed E-state index contributed by atoms with van der Waals surface area (Å²) in [6.45, 7) is 3.46. The first-order chi connectivity index (χ1) is 9.22. The van der Waals surface area contributed by atoms with Gasteiger partial charge in [0, 0.05) is 25.3 Å². The summed E-state index contributed by atoms with van der Waals surface area (Å²) in [7, 11) is 1.71. The summed E-state index contributed by atoms with van der Waals surface area (Å²) in [6.07, 6.45) is 3.89. The maximum absolute atomic E-state index is 6.20. The van der Waals surface area contributed by atoms with Crippen molar-refractivity contribution in [1.82, 2.24) is 19.6 Å². The summed E-state index contributed by atoms with van der Waals surface area (Å²) in [5, 5.41) is 4.75. The van der Waals surface area contributed by atoms with E-state index in [1.165, 1.54) is 19.2 Å². The molecule has 0 atom stereocenters. The first kappa shape index (κ1) is 12.6. The molecule has 6 nitrogen and oxygen atoms in total. The topological polar surface area (TPSA) is 55.5 Å². The van der Waals surface area contributed by atoms with Crippen LogP contribution in [0.3, 0.4) is 0 Å². The van der Waals surface area contributed by atoms with E-state index in [-0.39, 0.29) is 0 Å². The van der Waals surface area contributed by atoms with E-state index in [1.54, 1.807) is 11.6 Å². The van der Waals surface area contributed by atoms with Gasteiger partial charge in [-0.2, -0.15) is 19.6 Å². The second-order valence-electron chi connectivity index (χ2n) is 4.74. The van der Waals surface area contributed by atoms with Crippen LogP contribution in [0.15, 0.2) is 6.33 Å². The second-order valence-corrected chi connectivity index (χ2v) is 5.10. The van der Waals surface area contributed by atoms with E-state index in [4.69, 9.17) is 16.3 Å². The van der Waals surface area contributed by atoms with Crippen LogP contribution in [0.4, 0.5) is 5.82 Å². The average molecular weight is 282 g/mol. The molecule has 2 aromatic heterocycles. The van der Waals surface area contributed by atoms with Gasteiger partial charge in [-0.25, -0.2) is 0 Å². The third kappa shape index (κ3) is 2.26. The van der Waals surface area contributed by atoms with Gasteiger partial charge in [-0.05, 0) is 19.8 Å². The quantitative estimate of drug-likeness (QED) is 0.781. The summed E-state index contributed by atoms with van der Waals surface area (Å²) in [6, 6.07) is 0.541. The number of ether oxygens (including phenoxy) is 1. The van der Waals surface area contributed by atoms with Crippen molar-refractivity contribution in [2.45, 2.75) is 25.8 Å². The van der Waals surface area contributed by atoms with Crippen molar-refractivity contribution in [1.29, 1.82) is 0 Å². The fourth-order valence-corrected chi connectivity index (χ4v) is 2.42. The monoisotopic (exact) mass is 281 g/mol. The van der Waals surface area contributed by atoms with Gasteiger partial charge in [-0.15, -0.1) is 0 Å². The Morgan fingerprint density at radius 3 is 3.00 bits per heavy atom. The van der Waals surface area contributed by atoms with Crippen LogP contribution < -0.4 is 4.90 Å². The third-order valence-electron chi connectivity index (χ3n) is 3.37. The van der Waals surface area contributed by atoms with Gasteiger partial charge in [0.2, 0.25) is 0 Å². The number of nitrogens with zero attached hydrogens (tertiary/aromatic N) is 5. The molecule has 1 aliphatic carbocycles. The Morgan fingerprint density at radius 1 is 1.53 bits per heavy atom. The highest BCUT2D eigenvalue weighted by atomic mass is 35.5. The molecule has 7 heteroatoms. The molecule has 0 N–H and O–H groups in total. The fourth-order valence-electron chi connectivity index (χ4n) is 2.26. The minimum absolute atomic E-state index is 0.485. The van der Waals surface area contributed by atoms with Gasteiger partial charge in [0.25, 0.3) is 5.78 Å². The number of hydrogen-bond donors (Lipinski definition) is 0. The Kier molecular flexibility index (Phi) is 3.28. The standard InChI is InChI=1S/C12H16ClN5O/c1-8-10(13)16-12-14-7-15-18(12)11(8)17(5-6-19-2)9-3-4-9/h7,9H,3-6H2,1-2H3. The highest BCUT2D eigenvalue weighted by molar-refractivity contribution is 6.30. The average Bonchev–Trinajstić information content (AvgIpc) is 3.13. The van der Waals surface area contributed by atoms with Crippen molar-refractivity contribution in [2.75, 3.05) is 25.2 Å². The predicted molar refractivity (Wildman–Crippen MR) is 72.8 cm³/mol. The first-order valence-electron chi connectivity index (χ1n) is 6.33. The molecule has 0 saturated heterocycles. The van der Waals surface area contributed by atoms with E-state index in [1.807, 2.05) is 6.92 Å². The molecule has 0 bridgehead atoms. The molecule has 0 amide bonds. The number of rotatable bonds is 5. The van der Waals surface area contributed by atoms with Crippen molar-refractivity contribution in [2.24, 2.45) is 0 Å². The lowest BCUT2D eigenvalue weighted by Crippen LogP contribution is -2.32. The molecule has 1 saturated carbocycles. The van der Waals surface area contributed by atoms with Crippen molar-refractivity contribution < 1.29 is 4.74 Å². The summed E-state index contributed by atoms with van der Waals surface area (Å²) < 4.78 is 6.96. The van der Waals surface area contributed by atoms with Gasteiger partial charge >= 0.3 is 0 Å². The van der Waals surface area contributed by atoms with Crippen LogP contribution >= 0.6 is 11.6 Å². The maximum atomic E-state index is 6.20. The van der Waals surface area contributed by atoms with Crippen LogP contribution in [0, 0.1) is 6.92 Å². The SMILES string of the molecule is COCCN(c1c(C)c(Cl)nc2ncnn12)C1CC1. The number of anilines is 1. The molecule has 1 aliphatic rings. The smallest absolute Gasteiger partial charge is 0.255 e. The lowest BCUT2D eigenvalue weighted by atomic mass is 10.3. The largest absolute Gasteiger partial charge is 0.383 e. The summed E-state index contributed by atoms with van der Waals surface area (Å²) in [4.78, 5) is 10.7. The van der Waals surface area contributed by atoms with E-state index in [2.05, 4.69) is 20.0 Å². The number of methoxy groups -OCH3 is 1. The third-order valence-corrected chi connectivity index (χ3v) is 3.74. The van der Waals surface area contributed by atoms with E-state index < -0.39 is 0 Å². The van der Waals surface area contributed by atoms with Crippen molar-refractivity contribution >= 4 is 23.2 Å². The van der Waals surface area contributed by atoms with Crippen LogP contribution in [-0.4, -0.2) is 45.9 Å². The number of fused-ring (bicyclic) bond motifs is 1. The van der Waals surface area contributed by atoms with Gasteiger partial charge in [0.1, 0.15) is 17.3 Å². The van der Waals surface area contributed by atoms with Crippen LogP contribution in [0.25, 0.3) is 5.78 Å². The fraction of sp³-hybridized carbons (Fsp3) is 0.583. The lowest BCUT2D eigenvalue weighted by molar-refractivity contribution is 0.204. The number of aromatic nitrogens is 4. The minimum atomic E-state index is 0.485. The van der Waals surface area contributed by atoms with Crippen LogP contribution in [0.5, 0.6) is 0 Å². The molecule has 0 spiro atoms. The Hall–Kier alpha value is -1.40. The van der Waals surface area contributed by atoms with Gasteiger partial charge in [-0.3, -0.25) is 0 Å². The summed E-state index contributed by atoms with van der Waals surface area (Å²) in [5.41, 5.74) is 0.933. The molecule has 19 heavy (non-hydrogen) atoms. The number of halogens is 1. The Labute approximate surface area is 116 Å². The van der Waals surface area contributed by atoms with Crippen molar-refractivity contribution in [3.8, 4) is 0 Å². The van der Waals surface area contributed by atoms with Gasteiger partial charge in [0.15, 0.2) is 0 Å². The van der Waals surface area contributed by atoms with Gasteiger partial charge in [-0.1, -0.05) is 11.6 Å². The molecule has 0 aliphatic heterocycles. The molecule has 3 rings (SSSR count). The molecular formula is C12H16ClN5O. The molecule has 102 valence electrons. The predicted octanol–water partition coefficient (Wildman–Crippen LogP) is 1.70.